The van der Waals surface area contributed by atoms with Gasteiger partial charge in [0.1, 0.15) is 5.75 Å². The Bertz CT molecular complexity index is 578. The van der Waals surface area contributed by atoms with Gasteiger partial charge >= 0.3 is 0 Å². The van der Waals surface area contributed by atoms with Crippen molar-refractivity contribution in [1.82, 2.24) is 5.32 Å². The maximum Gasteiger partial charge on any atom is 0.115 e. The smallest absolute Gasteiger partial charge is 0.115 e. The van der Waals surface area contributed by atoms with Crippen molar-refractivity contribution in [3.05, 3.63) is 65.7 Å². The molecule has 1 atom stereocenters. The zero-order valence-electron chi connectivity index (χ0n) is 12.3. The van der Waals surface area contributed by atoms with Crippen LogP contribution in [0.3, 0.4) is 0 Å². The highest BCUT2D eigenvalue weighted by molar-refractivity contribution is 8.00. The van der Waals surface area contributed by atoms with Crippen molar-refractivity contribution < 1.29 is 5.11 Å². The molecule has 2 aromatic carbocycles. The van der Waals surface area contributed by atoms with E-state index in [2.05, 4.69) is 35.8 Å². The minimum Gasteiger partial charge on any atom is -0.508 e. The van der Waals surface area contributed by atoms with Crippen molar-refractivity contribution in [3.63, 3.8) is 0 Å². The summed E-state index contributed by atoms with van der Waals surface area (Å²) in [5, 5.41) is 13.2. The zero-order valence-corrected chi connectivity index (χ0v) is 13.1. The summed E-state index contributed by atoms with van der Waals surface area (Å²) in [6.45, 7) is 1.02. The number of nitrogens with one attached hydrogen (secondary N) is 1. The van der Waals surface area contributed by atoms with E-state index in [1.807, 2.05) is 30.0 Å². The normalized spacial score (nSPS) is 17.4. The van der Waals surface area contributed by atoms with E-state index < -0.39 is 0 Å². The van der Waals surface area contributed by atoms with Crippen molar-refractivity contribution >= 4 is 11.8 Å². The third kappa shape index (κ3) is 3.42. The fraction of sp³-hybridized carbons (Fsp3) is 0.333. The van der Waals surface area contributed by atoms with Crippen LogP contribution in [0.4, 0.5) is 0 Å². The maximum atomic E-state index is 9.49. The van der Waals surface area contributed by atoms with E-state index in [-0.39, 0.29) is 6.04 Å². The second kappa shape index (κ2) is 6.12. The van der Waals surface area contributed by atoms with Gasteiger partial charge in [0.25, 0.3) is 0 Å². The van der Waals surface area contributed by atoms with E-state index in [1.54, 1.807) is 12.1 Å². The molecule has 0 saturated heterocycles. The molecule has 110 valence electrons. The molecule has 0 aromatic heterocycles. The number of benzene rings is 2. The van der Waals surface area contributed by atoms with E-state index in [4.69, 9.17) is 0 Å². The van der Waals surface area contributed by atoms with Gasteiger partial charge in [0.15, 0.2) is 0 Å². The van der Waals surface area contributed by atoms with Crippen LogP contribution in [0.15, 0.2) is 54.6 Å². The quantitative estimate of drug-likeness (QED) is 0.846. The summed E-state index contributed by atoms with van der Waals surface area (Å²) in [4.78, 5) is 0. The number of hydrogen-bond donors (Lipinski definition) is 2. The van der Waals surface area contributed by atoms with Crippen molar-refractivity contribution in [2.24, 2.45) is 0 Å². The van der Waals surface area contributed by atoms with Crippen molar-refractivity contribution in [2.75, 3.05) is 12.8 Å². The van der Waals surface area contributed by atoms with Gasteiger partial charge in [-0.05, 0) is 42.4 Å². The van der Waals surface area contributed by atoms with Crippen LogP contribution in [0.1, 0.15) is 30.0 Å². The van der Waals surface area contributed by atoms with Crippen molar-refractivity contribution in [3.8, 4) is 5.75 Å². The first-order valence-electron chi connectivity index (χ1n) is 7.35. The third-order valence-electron chi connectivity index (χ3n) is 4.23. The van der Waals surface area contributed by atoms with E-state index in [0.29, 0.717) is 10.5 Å². The Morgan fingerprint density at radius 1 is 1.05 bits per heavy atom. The second-order valence-electron chi connectivity index (χ2n) is 5.70. The molecule has 2 nitrogen and oxygen atoms in total. The van der Waals surface area contributed by atoms with Gasteiger partial charge in [-0.15, -0.1) is 0 Å². The molecule has 1 aliphatic rings. The topological polar surface area (TPSA) is 32.3 Å². The summed E-state index contributed by atoms with van der Waals surface area (Å²) in [7, 11) is 0. The van der Waals surface area contributed by atoms with Crippen molar-refractivity contribution in [1.29, 1.82) is 0 Å². The van der Waals surface area contributed by atoms with Crippen LogP contribution in [-0.2, 0) is 0 Å². The second-order valence-corrected chi connectivity index (χ2v) is 6.98. The first-order chi connectivity index (χ1) is 10.2. The highest BCUT2D eigenvalue weighted by Crippen LogP contribution is 2.47. The molecule has 0 amide bonds. The number of aromatic hydroxyl groups is 1. The van der Waals surface area contributed by atoms with Crippen LogP contribution in [0.5, 0.6) is 5.75 Å². The molecule has 1 aliphatic carbocycles. The lowest BCUT2D eigenvalue weighted by Crippen LogP contribution is -2.30. The number of rotatable bonds is 6. The molecule has 1 saturated carbocycles. The maximum absolute atomic E-state index is 9.49. The third-order valence-corrected chi connectivity index (χ3v) is 5.65. The molecule has 3 rings (SSSR count). The first kappa shape index (κ1) is 14.5. The monoisotopic (exact) mass is 299 g/mol. The molecule has 2 N–H and O–H groups in total. The van der Waals surface area contributed by atoms with E-state index in [0.717, 1.165) is 6.54 Å². The SMILES string of the molecule is CSC1(CNC(c2ccccc2)c2ccc(O)cc2)CC1. The predicted molar refractivity (Wildman–Crippen MR) is 89.9 cm³/mol. The van der Waals surface area contributed by atoms with Crippen LogP contribution in [-0.4, -0.2) is 22.7 Å². The lowest BCUT2D eigenvalue weighted by Gasteiger charge is -2.23. The van der Waals surface area contributed by atoms with Gasteiger partial charge in [-0.25, -0.2) is 0 Å². The van der Waals surface area contributed by atoms with Crippen LogP contribution >= 0.6 is 11.8 Å². The van der Waals surface area contributed by atoms with E-state index >= 15 is 0 Å². The molecule has 0 radical (unpaired) electrons. The molecule has 1 unspecified atom stereocenters. The zero-order chi connectivity index (χ0) is 14.7. The summed E-state index contributed by atoms with van der Waals surface area (Å²) >= 11 is 1.97. The molecule has 0 spiro atoms. The highest BCUT2D eigenvalue weighted by atomic mass is 32.2. The standard InChI is InChI=1S/C18H21NOS/c1-21-18(11-12-18)13-19-17(14-5-3-2-4-6-14)15-7-9-16(20)10-8-15/h2-10,17,19-20H,11-13H2,1H3. The van der Waals surface area contributed by atoms with Crippen molar-refractivity contribution in [2.45, 2.75) is 23.6 Å². The number of phenolic OH excluding ortho intramolecular Hbond substituents is 1. The summed E-state index contributed by atoms with van der Waals surface area (Å²) < 4.78 is 0.434. The van der Waals surface area contributed by atoms with Gasteiger partial charge in [0.2, 0.25) is 0 Å². The summed E-state index contributed by atoms with van der Waals surface area (Å²) in [5.74, 6) is 0.313. The van der Waals surface area contributed by atoms with Gasteiger partial charge < -0.3 is 10.4 Å². The number of phenols is 1. The minimum absolute atomic E-state index is 0.177. The molecule has 0 heterocycles. The Morgan fingerprint density at radius 2 is 1.67 bits per heavy atom. The molecule has 1 fully saturated rings. The summed E-state index contributed by atoms with van der Waals surface area (Å²) in [6, 6.07) is 18.2. The van der Waals surface area contributed by atoms with Crippen LogP contribution < -0.4 is 5.32 Å². The van der Waals surface area contributed by atoms with Crippen LogP contribution in [0.25, 0.3) is 0 Å². The fourth-order valence-electron chi connectivity index (χ4n) is 2.62. The van der Waals surface area contributed by atoms with Crippen LogP contribution in [0.2, 0.25) is 0 Å². The Morgan fingerprint density at radius 3 is 2.24 bits per heavy atom. The van der Waals surface area contributed by atoms with Gasteiger partial charge in [-0.3, -0.25) is 0 Å². The van der Waals surface area contributed by atoms with Gasteiger partial charge in [0, 0.05) is 11.3 Å². The first-order valence-corrected chi connectivity index (χ1v) is 8.57. The summed E-state index contributed by atoms with van der Waals surface area (Å²) in [5.41, 5.74) is 2.45. The Kier molecular flexibility index (Phi) is 4.22. The minimum atomic E-state index is 0.177. The van der Waals surface area contributed by atoms with Gasteiger partial charge in [0.05, 0.1) is 6.04 Å². The molecular formula is C18H21NOS. The predicted octanol–water partition coefficient (Wildman–Crippen LogP) is 3.97. The number of hydrogen-bond acceptors (Lipinski definition) is 3. The molecule has 21 heavy (non-hydrogen) atoms. The Labute approximate surface area is 130 Å². The van der Waals surface area contributed by atoms with E-state index in [9.17, 15) is 5.11 Å². The molecule has 3 heteroatoms. The average Bonchev–Trinajstić information content (AvgIpc) is 3.31. The molecular weight excluding hydrogens is 278 g/mol. The lowest BCUT2D eigenvalue weighted by molar-refractivity contribution is 0.474. The van der Waals surface area contributed by atoms with Gasteiger partial charge in [-0.1, -0.05) is 42.5 Å². The van der Waals surface area contributed by atoms with E-state index in [1.165, 1.54) is 24.0 Å². The average molecular weight is 299 g/mol. The van der Waals surface area contributed by atoms with Gasteiger partial charge in [-0.2, -0.15) is 11.8 Å². The summed E-state index contributed by atoms with van der Waals surface area (Å²) in [6.07, 6.45) is 4.81. The Hall–Kier alpha value is -1.45. The molecule has 2 aromatic rings. The Balaban J connectivity index is 1.82. The lowest BCUT2D eigenvalue weighted by atomic mass is 9.98. The largest absolute Gasteiger partial charge is 0.508 e. The fourth-order valence-corrected chi connectivity index (χ4v) is 3.36. The molecule has 0 bridgehead atoms. The number of thioether (sulfide) groups is 1. The van der Waals surface area contributed by atoms with Crippen LogP contribution in [0, 0.1) is 0 Å². The molecule has 0 aliphatic heterocycles. The highest BCUT2D eigenvalue weighted by Gasteiger charge is 2.41.